The molecule has 0 atom stereocenters. The van der Waals surface area contributed by atoms with E-state index < -0.39 is 0 Å². The van der Waals surface area contributed by atoms with Crippen LogP contribution in [0.4, 0.5) is 0 Å². The van der Waals surface area contributed by atoms with Crippen molar-refractivity contribution in [3.8, 4) is 11.1 Å². The van der Waals surface area contributed by atoms with Gasteiger partial charge in [0, 0.05) is 10.6 Å². The van der Waals surface area contributed by atoms with Gasteiger partial charge in [-0.15, -0.1) is 0 Å². The summed E-state index contributed by atoms with van der Waals surface area (Å²) in [6.07, 6.45) is 2.59. The van der Waals surface area contributed by atoms with Crippen LogP contribution in [-0.2, 0) is 6.42 Å². The molecule has 0 unspecified atom stereocenters. The summed E-state index contributed by atoms with van der Waals surface area (Å²) in [7, 11) is 0. The van der Waals surface area contributed by atoms with Crippen LogP contribution in [0.3, 0.4) is 0 Å². The zero-order chi connectivity index (χ0) is 13.6. The molecule has 3 aromatic rings. The number of nitrogens with zero attached hydrogens (tertiary/aromatic N) is 2. The minimum Gasteiger partial charge on any atom is -0.444 e. The van der Waals surface area contributed by atoms with E-state index in [1.165, 1.54) is 0 Å². The van der Waals surface area contributed by atoms with Crippen LogP contribution in [-0.4, -0.2) is 9.61 Å². The highest BCUT2D eigenvalue weighted by Gasteiger charge is 2.18. The lowest BCUT2D eigenvalue weighted by molar-refractivity contribution is 0.605. The van der Waals surface area contributed by atoms with Gasteiger partial charge in [-0.25, -0.2) is 4.52 Å². The number of aromatic nitrogens is 2. The lowest BCUT2D eigenvalue weighted by Gasteiger charge is -2.02. The molecule has 0 fully saturated rings. The zero-order valence-electron chi connectivity index (χ0n) is 10.6. The van der Waals surface area contributed by atoms with Gasteiger partial charge in [-0.05, 0) is 25.5 Å². The third-order valence-electron chi connectivity index (χ3n) is 3.16. The molecule has 2 heterocycles. The van der Waals surface area contributed by atoms with Crippen LogP contribution in [0.1, 0.15) is 18.3 Å². The minimum atomic E-state index is 0.597. The van der Waals surface area contributed by atoms with Crippen molar-refractivity contribution in [1.82, 2.24) is 9.61 Å². The molecule has 98 valence electrons. The lowest BCUT2D eigenvalue weighted by Crippen LogP contribution is -1.90. The molecule has 3 nitrogen and oxygen atoms in total. The SMILES string of the molecule is CCc1coc2c(-c3ccc(Cl)cc3Cl)c(C)nn12. The molecule has 0 bridgehead atoms. The van der Waals surface area contributed by atoms with Gasteiger partial charge in [0.15, 0.2) is 0 Å². The van der Waals surface area contributed by atoms with Gasteiger partial charge >= 0.3 is 0 Å². The van der Waals surface area contributed by atoms with E-state index in [2.05, 4.69) is 12.0 Å². The Morgan fingerprint density at radius 3 is 2.79 bits per heavy atom. The summed E-state index contributed by atoms with van der Waals surface area (Å²) in [6, 6.07) is 5.43. The zero-order valence-corrected chi connectivity index (χ0v) is 12.1. The summed E-state index contributed by atoms with van der Waals surface area (Å²) in [5.41, 5.74) is 4.45. The summed E-state index contributed by atoms with van der Waals surface area (Å²) in [4.78, 5) is 0. The molecule has 0 saturated carbocycles. The van der Waals surface area contributed by atoms with Crippen molar-refractivity contribution in [3.63, 3.8) is 0 Å². The molecule has 0 spiro atoms. The number of hydrogen-bond acceptors (Lipinski definition) is 2. The Bertz CT molecular complexity index is 758. The molecular weight excluding hydrogens is 283 g/mol. The molecule has 3 rings (SSSR count). The summed E-state index contributed by atoms with van der Waals surface area (Å²) >= 11 is 12.2. The van der Waals surface area contributed by atoms with Crippen LogP contribution in [0.5, 0.6) is 0 Å². The van der Waals surface area contributed by atoms with Gasteiger partial charge in [0.05, 0.1) is 22.0 Å². The van der Waals surface area contributed by atoms with E-state index in [4.69, 9.17) is 27.6 Å². The van der Waals surface area contributed by atoms with Gasteiger partial charge in [-0.2, -0.15) is 5.10 Å². The van der Waals surface area contributed by atoms with Gasteiger partial charge < -0.3 is 4.42 Å². The van der Waals surface area contributed by atoms with E-state index in [1.807, 2.05) is 23.6 Å². The first-order chi connectivity index (χ1) is 9.11. The number of fused-ring (bicyclic) bond motifs is 1. The van der Waals surface area contributed by atoms with E-state index in [-0.39, 0.29) is 0 Å². The molecule has 0 amide bonds. The van der Waals surface area contributed by atoms with Crippen molar-refractivity contribution >= 4 is 28.9 Å². The van der Waals surface area contributed by atoms with Gasteiger partial charge in [0.25, 0.3) is 0 Å². The average Bonchev–Trinajstić information content (AvgIpc) is 2.88. The first-order valence-electron chi connectivity index (χ1n) is 6.03. The third-order valence-corrected chi connectivity index (χ3v) is 3.71. The maximum absolute atomic E-state index is 6.27. The Kier molecular flexibility index (Phi) is 3.03. The number of halogens is 2. The van der Waals surface area contributed by atoms with E-state index in [0.717, 1.165) is 34.6 Å². The first-order valence-corrected chi connectivity index (χ1v) is 6.78. The molecular formula is C14H12Cl2N2O. The molecule has 0 aliphatic carbocycles. The van der Waals surface area contributed by atoms with E-state index in [9.17, 15) is 0 Å². The Morgan fingerprint density at radius 2 is 2.11 bits per heavy atom. The molecule has 0 aliphatic rings. The first kappa shape index (κ1) is 12.6. The van der Waals surface area contributed by atoms with Crippen LogP contribution in [0.2, 0.25) is 10.0 Å². The van der Waals surface area contributed by atoms with E-state index in [1.54, 1.807) is 12.3 Å². The second kappa shape index (κ2) is 4.58. The van der Waals surface area contributed by atoms with E-state index in [0.29, 0.717) is 10.0 Å². The highest BCUT2D eigenvalue weighted by molar-refractivity contribution is 6.36. The predicted octanol–water partition coefficient (Wildman–Crippen LogP) is 4.77. The summed E-state index contributed by atoms with van der Waals surface area (Å²) in [5.74, 6) is 0. The highest BCUT2D eigenvalue weighted by atomic mass is 35.5. The maximum atomic E-state index is 6.27. The van der Waals surface area contributed by atoms with Crippen molar-refractivity contribution in [3.05, 3.63) is 45.9 Å². The molecule has 2 aromatic heterocycles. The Balaban J connectivity index is 2.30. The Hall–Kier alpha value is -1.45. The molecule has 0 saturated heterocycles. The number of oxazole rings is 1. The fourth-order valence-corrected chi connectivity index (χ4v) is 2.72. The maximum Gasteiger partial charge on any atom is 0.229 e. The quantitative estimate of drug-likeness (QED) is 0.681. The van der Waals surface area contributed by atoms with Crippen LogP contribution < -0.4 is 0 Å². The van der Waals surface area contributed by atoms with Gasteiger partial charge in [0.2, 0.25) is 5.71 Å². The van der Waals surface area contributed by atoms with Crippen LogP contribution in [0, 0.1) is 6.92 Å². The fourth-order valence-electron chi connectivity index (χ4n) is 2.22. The van der Waals surface area contributed by atoms with Crippen molar-refractivity contribution in [2.45, 2.75) is 20.3 Å². The smallest absolute Gasteiger partial charge is 0.229 e. The average molecular weight is 295 g/mol. The fraction of sp³-hybridized carbons (Fsp3) is 0.214. The van der Waals surface area contributed by atoms with Crippen molar-refractivity contribution in [2.75, 3.05) is 0 Å². The third kappa shape index (κ3) is 1.94. The molecule has 0 radical (unpaired) electrons. The molecule has 0 aliphatic heterocycles. The lowest BCUT2D eigenvalue weighted by atomic mass is 10.1. The number of benzene rings is 1. The number of aryl methyl sites for hydroxylation is 2. The van der Waals surface area contributed by atoms with Crippen LogP contribution in [0.15, 0.2) is 28.9 Å². The van der Waals surface area contributed by atoms with Crippen molar-refractivity contribution < 1.29 is 4.42 Å². The standard InChI is InChI=1S/C14H12Cl2N2O/c1-3-10-7-19-14-13(8(2)17-18(10)14)11-5-4-9(15)6-12(11)16/h4-7H,3H2,1-2H3. The second-order valence-electron chi connectivity index (χ2n) is 4.38. The normalized spacial score (nSPS) is 11.4. The van der Waals surface area contributed by atoms with Crippen molar-refractivity contribution in [2.24, 2.45) is 0 Å². The summed E-state index contributed by atoms with van der Waals surface area (Å²) in [6.45, 7) is 4.01. The number of rotatable bonds is 2. The van der Waals surface area contributed by atoms with Crippen LogP contribution in [0.25, 0.3) is 16.8 Å². The monoisotopic (exact) mass is 294 g/mol. The van der Waals surface area contributed by atoms with Crippen LogP contribution >= 0.6 is 23.2 Å². The van der Waals surface area contributed by atoms with Crippen molar-refractivity contribution in [1.29, 1.82) is 0 Å². The largest absolute Gasteiger partial charge is 0.444 e. The van der Waals surface area contributed by atoms with Gasteiger partial charge in [-0.1, -0.05) is 36.2 Å². The molecule has 5 heteroatoms. The van der Waals surface area contributed by atoms with E-state index >= 15 is 0 Å². The highest BCUT2D eigenvalue weighted by Crippen LogP contribution is 2.35. The predicted molar refractivity (Wildman–Crippen MR) is 77.0 cm³/mol. The Labute approximate surface area is 120 Å². The Morgan fingerprint density at radius 1 is 1.32 bits per heavy atom. The molecule has 0 N–H and O–H groups in total. The summed E-state index contributed by atoms with van der Waals surface area (Å²) in [5, 5.41) is 5.73. The van der Waals surface area contributed by atoms with Gasteiger partial charge in [-0.3, -0.25) is 0 Å². The minimum absolute atomic E-state index is 0.597. The molecule has 1 aromatic carbocycles. The summed E-state index contributed by atoms with van der Waals surface area (Å²) < 4.78 is 7.47. The molecule has 19 heavy (non-hydrogen) atoms. The number of hydrogen-bond donors (Lipinski definition) is 0. The van der Waals surface area contributed by atoms with Gasteiger partial charge in [0.1, 0.15) is 6.26 Å². The topological polar surface area (TPSA) is 30.4 Å². The second-order valence-corrected chi connectivity index (χ2v) is 5.23.